The number of benzene rings is 1. The van der Waals surface area contributed by atoms with Gasteiger partial charge in [0.05, 0.1) is 13.7 Å². The Morgan fingerprint density at radius 1 is 1.25 bits per heavy atom. The molecule has 0 aromatic heterocycles. The number of hydrogen-bond acceptors (Lipinski definition) is 3. The zero-order valence-corrected chi connectivity index (χ0v) is 10.3. The van der Waals surface area contributed by atoms with Crippen LogP contribution in [0.2, 0.25) is 0 Å². The highest BCUT2D eigenvalue weighted by Gasteiger charge is 2.14. The molecule has 2 N–H and O–H groups in total. The Balaban J connectivity index is 2.37. The second-order valence-corrected chi connectivity index (χ2v) is 4.57. The summed E-state index contributed by atoms with van der Waals surface area (Å²) in [7, 11) is 1.67. The van der Waals surface area contributed by atoms with Crippen molar-refractivity contribution in [1.82, 2.24) is 5.32 Å². The van der Waals surface area contributed by atoms with Crippen LogP contribution in [0, 0.1) is 0 Å². The molecule has 0 saturated heterocycles. The summed E-state index contributed by atoms with van der Waals surface area (Å²) in [6, 6.07) is 8.05. The molecule has 16 heavy (non-hydrogen) atoms. The van der Waals surface area contributed by atoms with E-state index in [1.54, 1.807) is 7.11 Å². The lowest BCUT2D eigenvalue weighted by molar-refractivity contribution is 0.189. The van der Waals surface area contributed by atoms with E-state index in [2.05, 4.69) is 17.4 Å². The summed E-state index contributed by atoms with van der Waals surface area (Å²) < 4.78 is 5.10. The van der Waals surface area contributed by atoms with E-state index < -0.39 is 0 Å². The average Bonchev–Trinajstić information content (AvgIpc) is 2.30. The Hall–Kier alpha value is -1.06. The van der Waals surface area contributed by atoms with E-state index in [0.29, 0.717) is 0 Å². The molecule has 0 spiro atoms. The van der Waals surface area contributed by atoms with Crippen LogP contribution in [0.3, 0.4) is 0 Å². The van der Waals surface area contributed by atoms with Gasteiger partial charge in [0.15, 0.2) is 0 Å². The van der Waals surface area contributed by atoms with Crippen LogP contribution < -0.4 is 10.1 Å². The number of hydrogen-bond donors (Lipinski definition) is 2. The predicted octanol–water partition coefficient (Wildman–Crippen LogP) is 1.60. The predicted molar refractivity (Wildman–Crippen MR) is 65.9 cm³/mol. The van der Waals surface area contributed by atoms with Crippen LogP contribution in [0.1, 0.15) is 19.4 Å². The third kappa shape index (κ3) is 4.21. The minimum Gasteiger partial charge on any atom is -0.497 e. The second-order valence-electron chi connectivity index (χ2n) is 4.57. The van der Waals surface area contributed by atoms with E-state index in [1.807, 2.05) is 26.0 Å². The van der Waals surface area contributed by atoms with E-state index >= 15 is 0 Å². The van der Waals surface area contributed by atoms with E-state index in [9.17, 15) is 0 Å². The zero-order valence-electron chi connectivity index (χ0n) is 10.3. The summed E-state index contributed by atoms with van der Waals surface area (Å²) in [5.74, 6) is 0.882. The Morgan fingerprint density at radius 3 is 2.38 bits per heavy atom. The largest absolute Gasteiger partial charge is 0.497 e. The van der Waals surface area contributed by atoms with Crippen LogP contribution in [0.4, 0.5) is 0 Å². The molecule has 1 aromatic rings. The maximum Gasteiger partial charge on any atom is 0.118 e. The monoisotopic (exact) mass is 223 g/mol. The van der Waals surface area contributed by atoms with Crippen molar-refractivity contribution >= 4 is 0 Å². The van der Waals surface area contributed by atoms with Crippen LogP contribution in [-0.2, 0) is 6.42 Å². The smallest absolute Gasteiger partial charge is 0.118 e. The van der Waals surface area contributed by atoms with E-state index in [0.717, 1.165) is 18.7 Å². The lowest BCUT2D eigenvalue weighted by Gasteiger charge is -2.23. The first kappa shape index (κ1) is 13.0. The van der Waals surface area contributed by atoms with Gasteiger partial charge < -0.3 is 15.2 Å². The first-order valence-corrected chi connectivity index (χ1v) is 5.56. The van der Waals surface area contributed by atoms with Crippen molar-refractivity contribution in [3.05, 3.63) is 29.8 Å². The van der Waals surface area contributed by atoms with Gasteiger partial charge in [0.25, 0.3) is 0 Å². The van der Waals surface area contributed by atoms with E-state index in [4.69, 9.17) is 9.84 Å². The highest BCUT2D eigenvalue weighted by atomic mass is 16.5. The molecule has 0 bridgehead atoms. The van der Waals surface area contributed by atoms with Crippen LogP contribution in [-0.4, -0.2) is 30.9 Å². The molecule has 0 saturated carbocycles. The quantitative estimate of drug-likeness (QED) is 0.769. The van der Waals surface area contributed by atoms with Crippen molar-refractivity contribution in [2.45, 2.75) is 25.8 Å². The fourth-order valence-electron chi connectivity index (χ4n) is 1.39. The van der Waals surface area contributed by atoms with Gasteiger partial charge >= 0.3 is 0 Å². The fraction of sp³-hybridized carbons (Fsp3) is 0.538. The molecule has 0 amide bonds. The molecule has 0 unspecified atom stereocenters. The number of ether oxygens (including phenoxy) is 1. The van der Waals surface area contributed by atoms with Crippen LogP contribution >= 0.6 is 0 Å². The fourth-order valence-corrected chi connectivity index (χ4v) is 1.39. The zero-order chi connectivity index (χ0) is 12.0. The topological polar surface area (TPSA) is 41.5 Å². The van der Waals surface area contributed by atoms with Gasteiger partial charge in [-0.1, -0.05) is 12.1 Å². The summed E-state index contributed by atoms with van der Waals surface area (Å²) in [4.78, 5) is 0. The first-order valence-electron chi connectivity index (χ1n) is 5.56. The summed E-state index contributed by atoms with van der Waals surface area (Å²) in [5.41, 5.74) is 1.06. The lowest BCUT2D eigenvalue weighted by atomic mass is 10.1. The standard InChI is InChI=1S/C13H21NO2/c1-13(2,10-15)14-9-8-11-4-6-12(16-3)7-5-11/h4-7,14-15H,8-10H2,1-3H3. The van der Waals surface area contributed by atoms with Crippen LogP contribution in [0.25, 0.3) is 0 Å². The molecule has 0 fully saturated rings. The summed E-state index contributed by atoms with van der Waals surface area (Å²) >= 11 is 0. The van der Waals surface area contributed by atoms with Crippen LogP contribution in [0.5, 0.6) is 5.75 Å². The number of methoxy groups -OCH3 is 1. The van der Waals surface area contributed by atoms with Crippen molar-refractivity contribution in [3.8, 4) is 5.75 Å². The normalized spacial score (nSPS) is 11.5. The van der Waals surface area contributed by atoms with Crippen molar-refractivity contribution in [3.63, 3.8) is 0 Å². The highest BCUT2D eigenvalue weighted by molar-refractivity contribution is 5.27. The molecular formula is C13H21NO2. The van der Waals surface area contributed by atoms with E-state index in [1.165, 1.54) is 5.56 Å². The van der Waals surface area contributed by atoms with E-state index in [-0.39, 0.29) is 12.1 Å². The SMILES string of the molecule is COc1ccc(CCNC(C)(C)CO)cc1. The Morgan fingerprint density at radius 2 is 1.88 bits per heavy atom. The molecule has 1 aromatic carbocycles. The second kappa shape index (κ2) is 5.87. The molecule has 0 aliphatic rings. The Bertz CT molecular complexity index is 306. The Labute approximate surface area is 97.4 Å². The molecule has 1 rings (SSSR count). The van der Waals surface area contributed by atoms with Gasteiger partial charge in [-0.05, 0) is 44.5 Å². The van der Waals surface area contributed by atoms with Crippen molar-refractivity contribution in [2.24, 2.45) is 0 Å². The third-order valence-corrected chi connectivity index (χ3v) is 2.57. The summed E-state index contributed by atoms with van der Waals surface area (Å²) in [6.07, 6.45) is 0.952. The molecule has 0 aliphatic carbocycles. The number of rotatable bonds is 6. The number of aliphatic hydroxyl groups is 1. The average molecular weight is 223 g/mol. The van der Waals surface area contributed by atoms with Crippen LogP contribution in [0.15, 0.2) is 24.3 Å². The molecule has 3 nitrogen and oxygen atoms in total. The molecule has 0 aliphatic heterocycles. The minimum atomic E-state index is -0.202. The summed E-state index contributed by atoms with van der Waals surface area (Å²) in [6.45, 7) is 4.98. The van der Waals surface area contributed by atoms with Gasteiger partial charge in [0.1, 0.15) is 5.75 Å². The number of aliphatic hydroxyl groups excluding tert-OH is 1. The lowest BCUT2D eigenvalue weighted by Crippen LogP contribution is -2.43. The van der Waals surface area contributed by atoms with Gasteiger partial charge in [0, 0.05) is 5.54 Å². The van der Waals surface area contributed by atoms with Crippen molar-refractivity contribution in [2.75, 3.05) is 20.3 Å². The third-order valence-electron chi connectivity index (χ3n) is 2.57. The number of nitrogens with one attached hydrogen (secondary N) is 1. The molecule has 90 valence electrons. The van der Waals surface area contributed by atoms with Gasteiger partial charge in [-0.3, -0.25) is 0 Å². The Kier molecular flexibility index (Phi) is 4.77. The molecule has 0 heterocycles. The minimum absolute atomic E-state index is 0.148. The van der Waals surface area contributed by atoms with Gasteiger partial charge in [-0.2, -0.15) is 0 Å². The van der Waals surface area contributed by atoms with Gasteiger partial charge in [-0.25, -0.2) is 0 Å². The molecule has 0 radical (unpaired) electrons. The highest BCUT2D eigenvalue weighted by Crippen LogP contribution is 2.11. The summed E-state index contributed by atoms with van der Waals surface area (Å²) in [5, 5.41) is 12.4. The van der Waals surface area contributed by atoms with Gasteiger partial charge in [-0.15, -0.1) is 0 Å². The van der Waals surface area contributed by atoms with Crippen molar-refractivity contribution < 1.29 is 9.84 Å². The van der Waals surface area contributed by atoms with Crippen molar-refractivity contribution in [1.29, 1.82) is 0 Å². The molecule has 0 atom stereocenters. The first-order chi connectivity index (χ1) is 7.57. The molecule has 3 heteroatoms. The molecular weight excluding hydrogens is 202 g/mol. The van der Waals surface area contributed by atoms with Gasteiger partial charge in [0.2, 0.25) is 0 Å². The maximum atomic E-state index is 9.08. The maximum absolute atomic E-state index is 9.08.